The molecule has 4 nitrogen and oxygen atoms in total. The summed E-state index contributed by atoms with van der Waals surface area (Å²) in [6.07, 6.45) is 5.23. The number of rotatable bonds is 7. The number of hydrogen-bond acceptors (Lipinski definition) is 3. The van der Waals surface area contributed by atoms with E-state index >= 15 is 0 Å². The predicted octanol–water partition coefficient (Wildman–Crippen LogP) is 1.50. The molecule has 1 N–H and O–H groups in total. The number of amides is 1. The van der Waals surface area contributed by atoms with Crippen molar-refractivity contribution in [2.45, 2.75) is 19.3 Å². The lowest BCUT2D eigenvalue weighted by Gasteiger charge is -2.17. The van der Waals surface area contributed by atoms with Gasteiger partial charge in [0.1, 0.15) is 0 Å². The monoisotopic (exact) mass is 283 g/mol. The number of pyridine rings is 1. The van der Waals surface area contributed by atoms with Crippen LogP contribution in [0.15, 0.2) is 24.4 Å². The SMILES string of the molecule is CN(CCc1ccccn1)C(=O)CNCC1CC1.Cl. The Bertz CT molecular complexity index is 382. The van der Waals surface area contributed by atoms with Gasteiger partial charge in [0.05, 0.1) is 6.54 Å². The highest BCUT2D eigenvalue weighted by molar-refractivity contribution is 5.85. The van der Waals surface area contributed by atoms with Gasteiger partial charge in [-0.3, -0.25) is 9.78 Å². The van der Waals surface area contributed by atoms with Crippen LogP contribution in [0.3, 0.4) is 0 Å². The molecule has 0 saturated heterocycles. The van der Waals surface area contributed by atoms with Crippen LogP contribution in [0.5, 0.6) is 0 Å². The van der Waals surface area contributed by atoms with Crippen molar-refractivity contribution in [2.75, 3.05) is 26.7 Å². The van der Waals surface area contributed by atoms with Crippen molar-refractivity contribution in [3.05, 3.63) is 30.1 Å². The quantitative estimate of drug-likeness (QED) is 0.825. The van der Waals surface area contributed by atoms with Crippen LogP contribution in [-0.4, -0.2) is 42.5 Å². The van der Waals surface area contributed by atoms with Gasteiger partial charge in [-0.1, -0.05) is 6.07 Å². The normalized spacial score (nSPS) is 13.7. The van der Waals surface area contributed by atoms with Crippen LogP contribution in [0.25, 0.3) is 0 Å². The Morgan fingerprint density at radius 1 is 1.47 bits per heavy atom. The number of halogens is 1. The van der Waals surface area contributed by atoms with E-state index in [0.717, 1.165) is 31.1 Å². The van der Waals surface area contributed by atoms with E-state index in [4.69, 9.17) is 0 Å². The van der Waals surface area contributed by atoms with Crippen LogP contribution < -0.4 is 5.32 Å². The lowest BCUT2D eigenvalue weighted by atomic mass is 10.2. The maximum atomic E-state index is 11.8. The second-order valence-electron chi connectivity index (χ2n) is 4.96. The van der Waals surface area contributed by atoms with Crippen LogP contribution >= 0.6 is 12.4 Å². The highest BCUT2D eigenvalue weighted by atomic mass is 35.5. The van der Waals surface area contributed by atoms with Crippen LogP contribution in [0.4, 0.5) is 0 Å². The summed E-state index contributed by atoms with van der Waals surface area (Å²) in [7, 11) is 1.85. The lowest BCUT2D eigenvalue weighted by Crippen LogP contribution is -2.37. The maximum absolute atomic E-state index is 11.8. The number of nitrogens with zero attached hydrogens (tertiary/aromatic N) is 2. The third-order valence-electron chi connectivity index (χ3n) is 3.26. The molecule has 2 rings (SSSR count). The first-order chi connectivity index (χ1) is 8.75. The molecule has 19 heavy (non-hydrogen) atoms. The van der Waals surface area contributed by atoms with E-state index in [1.165, 1.54) is 12.8 Å². The standard InChI is InChI=1S/C14H21N3O.ClH/c1-17(9-7-13-4-2-3-8-16-13)14(18)11-15-10-12-5-6-12;/h2-4,8,12,15H,5-7,9-11H2,1H3;1H. The summed E-state index contributed by atoms with van der Waals surface area (Å²) in [5.41, 5.74) is 1.03. The molecule has 1 aliphatic rings. The van der Waals surface area contributed by atoms with Crippen molar-refractivity contribution >= 4 is 18.3 Å². The van der Waals surface area contributed by atoms with Crippen molar-refractivity contribution < 1.29 is 4.79 Å². The fourth-order valence-corrected chi connectivity index (χ4v) is 1.79. The number of aromatic nitrogens is 1. The van der Waals surface area contributed by atoms with Crippen LogP contribution in [0.1, 0.15) is 18.5 Å². The Hall–Kier alpha value is -1.13. The summed E-state index contributed by atoms with van der Waals surface area (Å²) in [6.45, 7) is 2.16. The molecular formula is C14H22ClN3O. The summed E-state index contributed by atoms with van der Waals surface area (Å²) >= 11 is 0. The number of hydrogen-bond donors (Lipinski definition) is 1. The van der Waals surface area contributed by atoms with Gasteiger partial charge in [0.25, 0.3) is 0 Å². The lowest BCUT2D eigenvalue weighted by molar-refractivity contribution is -0.128. The fourth-order valence-electron chi connectivity index (χ4n) is 1.79. The Kier molecular flexibility index (Phi) is 6.81. The highest BCUT2D eigenvalue weighted by Gasteiger charge is 2.20. The van der Waals surface area contributed by atoms with E-state index in [0.29, 0.717) is 6.54 Å². The minimum atomic E-state index is 0. The molecule has 0 unspecified atom stereocenters. The van der Waals surface area contributed by atoms with Crippen molar-refractivity contribution in [2.24, 2.45) is 5.92 Å². The molecule has 0 aliphatic heterocycles. The predicted molar refractivity (Wildman–Crippen MR) is 78.4 cm³/mol. The maximum Gasteiger partial charge on any atom is 0.236 e. The zero-order valence-electron chi connectivity index (χ0n) is 11.3. The Morgan fingerprint density at radius 3 is 2.89 bits per heavy atom. The molecule has 1 aromatic heterocycles. The van der Waals surface area contributed by atoms with Gasteiger partial charge >= 0.3 is 0 Å². The summed E-state index contributed by atoms with van der Waals surface area (Å²) in [5.74, 6) is 0.975. The first kappa shape index (κ1) is 15.9. The average Bonchev–Trinajstić information content (AvgIpc) is 3.21. The first-order valence-electron chi connectivity index (χ1n) is 6.60. The molecular weight excluding hydrogens is 262 g/mol. The molecule has 1 aliphatic carbocycles. The fraction of sp³-hybridized carbons (Fsp3) is 0.571. The first-order valence-corrected chi connectivity index (χ1v) is 6.60. The summed E-state index contributed by atoms with van der Waals surface area (Å²) in [5, 5.41) is 3.22. The van der Waals surface area contributed by atoms with Crippen LogP contribution in [0.2, 0.25) is 0 Å². The van der Waals surface area contributed by atoms with E-state index < -0.39 is 0 Å². The molecule has 0 aromatic carbocycles. The van der Waals surface area contributed by atoms with E-state index in [1.807, 2.05) is 25.2 Å². The average molecular weight is 284 g/mol. The van der Waals surface area contributed by atoms with E-state index in [2.05, 4.69) is 10.3 Å². The second-order valence-corrected chi connectivity index (χ2v) is 4.96. The van der Waals surface area contributed by atoms with Crippen molar-refractivity contribution in [1.82, 2.24) is 15.2 Å². The second kappa shape index (κ2) is 8.12. The van der Waals surface area contributed by atoms with Crippen LogP contribution in [0, 0.1) is 5.92 Å². The third kappa shape index (κ3) is 6.03. The van der Waals surface area contributed by atoms with Crippen LogP contribution in [-0.2, 0) is 11.2 Å². The molecule has 1 saturated carbocycles. The molecule has 0 atom stereocenters. The molecule has 0 radical (unpaired) electrons. The van der Waals surface area contributed by atoms with Gasteiger partial charge in [0, 0.05) is 31.9 Å². The van der Waals surface area contributed by atoms with E-state index in [1.54, 1.807) is 11.1 Å². The molecule has 106 valence electrons. The third-order valence-corrected chi connectivity index (χ3v) is 3.26. The van der Waals surface area contributed by atoms with Gasteiger partial charge in [-0.05, 0) is 37.4 Å². The van der Waals surface area contributed by atoms with Gasteiger partial charge < -0.3 is 10.2 Å². The van der Waals surface area contributed by atoms with Crippen molar-refractivity contribution in [3.63, 3.8) is 0 Å². The topological polar surface area (TPSA) is 45.2 Å². The number of carbonyl (C=O) groups excluding carboxylic acids is 1. The molecule has 1 fully saturated rings. The summed E-state index contributed by atoms with van der Waals surface area (Å²) in [6, 6.07) is 5.87. The van der Waals surface area contributed by atoms with Gasteiger partial charge in [0.15, 0.2) is 0 Å². The zero-order valence-corrected chi connectivity index (χ0v) is 12.2. The van der Waals surface area contributed by atoms with E-state index in [9.17, 15) is 4.79 Å². The summed E-state index contributed by atoms with van der Waals surface area (Å²) in [4.78, 5) is 17.8. The molecule has 1 aromatic rings. The minimum absolute atomic E-state index is 0. The zero-order chi connectivity index (χ0) is 12.8. The largest absolute Gasteiger partial charge is 0.344 e. The molecule has 5 heteroatoms. The van der Waals surface area contributed by atoms with Crippen molar-refractivity contribution in [3.8, 4) is 0 Å². The molecule has 0 spiro atoms. The Balaban J connectivity index is 0.00000180. The molecule has 1 heterocycles. The molecule has 1 amide bonds. The number of carbonyl (C=O) groups is 1. The summed E-state index contributed by atoms with van der Waals surface area (Å²) < 4.78 is 0. The Labute approximate surface area is 121 Å². The van der Waals surface area contributed by atoms with Gasteiger partial charge in [-0.15, -0.1) is 12.4 Å². The van der Waals surface area contributed by atoms with Gasteiger partial charge in [0.2, 0.25) is 5.91 Å². The Morgan fingerprint density at radius 2 is 2.26 bits per heavy atom. The number of nitrogens with one attached hydrogen (secondary N) is 1. The van der Waals surface area contributed by atoms with Gasteiger partial charge in [-0.2, -0.15) is 0 Å². The van der Waals surface area contributed by atoms with Gasteiger partial charge in [-0.25, -0.2) is 0 Å². The van der Waals surface area contributed by atoms with Crippen molar-refractivity contribution in [1.29, 1.82) is 0 Å². The van der Waals surface area contributed by atoms with E-state index in [-0.39, 0.29) is 18.3 Å². The number of likely N-dealkylation sites (N-methyl/N-ethyl adjacent to an activating group) is 1. The smallest absolute Gasteiger partial charge is 0.236 e. The minimum Gasteiger partial charge on any atom is -0.344 e. The molecule has 0 bridgehead atoms. The highest BCUT2D eigenvalue weighted by Crippen LogP contribution is 2.27.